The Kier molecular flexibility index (Phi) is 3.81. The highest BCUT2D eigenvalue weighted by Gasteiger charge is 2.27. The monoisotopic (exact) mass is 455 g/mol. The lowest BCUT2D eigenvalue weighted by Crippen LogP contribution is -2.29. The maximum atomic E-state index is 14.4. The van der Waals surface area contributed by atoms with Crippen molar-refractivity contribution in [2.45, 2.75) is 50.1 Å². The molecule has 3 atom stereocenters. The van der Waals surface area contributed by atoms with Crippen molar-refractivity contribution in [1.82, 2.24) is 19.5 Å². The Bertz CT molecular complexity index is 1380. The second kappa shape index (κ2) is 8.55. The van der Waals surface area contributed by atoms with Crippen molar-refractivity contribution in [3.63, 3.8) is 0 Å². The second-order valence-electron chi connectivity index (χ2n) is 7.22. The molecule has 3 unspecified atom stereocenters. The van der Waals surface area contributed by atoms with Gasteiger partial charge in [0, 0.05) is 33.0 Å². The Balaban J connectivity index is 1.57. The zero-order chi connectivity index (χ0) is 28.5. The molecule has 2 aromatic heterocycles. The van der Waals surface area contributed by atoms with Gasteiger partial charge in [0.1, 0.15) is 17.0 Å². The Morgan fingerprint density at radius 2 is 1.94 bits per heavy atom. The molecule has 0 radical (unpaired) electrons. The molecule has 0 spiro atoms. The molecule has 2 fully saturated rings. The molecular weight excluding hydrogens is 425 g/mol. The molecule has 2 aliphatic rings. The average Bonchev–Trinajstić information content (AvgIpc) is 3.50. The maximum Gasteiger partial charge on any atom is 0.224 e. The van der Waals surface area contributed by atoms with E-state index in [1.54, 1.807) is 0 Å². The van der Waals surface area contributed by atoms with Crippen LogP contribution in [0.5, 0.6) is 0 Å². The first-order valence-electron chi connectivity index (χ1n) is 13.4. The van der Waals surface area contributed by atoms with Gasteiger partial charge in [-0.2, -0.15) is 4.98 Å². The molecule has 1 saturated heterocycles. The Hall–Kier alpha value is -2.92. The summed E-state index contributed by atoms with van der Waals surface area (Å²) < 4.78 is 106. The number of hydrogen-bond acceptors (Lipinski definition) is 7. The molecule has 0 amide bonds. The lowest BCUT2D eigenvalue weighted by atomic mass is 9.93. The van der Waals surface area contributed by atoms with Gasteiger partial charge in [0.25, 0.3) is 0 Å². The molecular formula is C21H23F3N6O2. The van der Waals surface area contributed by atoms with Crippen LogP contribution < -0.4 is 10.6 Å². The molecule has 0 bridgehead atoms. The van der Waals surface area contributed by atoms with Crippen molar-refractivity contribution in [3.8, 4) is 0 Å². The number of benzene rings is 1. The zero-order valence-corrected chi connectivity index (χ0v) is 16.4. The molecule has 170 valence electrons. The van der Waals surface area contributed by atoms with Crippen LogP contribution in [0.25, 0.3) is 11.2 Å². The SMILES string of the molecule is [2H]C1C([2H])([2H])C(Nc2ncc3nc(Nc4c(F)cc(F)cc4F)n(C4CCOC4)c3n2)C([2H])([2H])C([2H])C1([2H])O. The number of nitrogens with zero attached hydrogens (tertiary/aromatic N) is 4. The topological polar surface area (TPSA) is 97.1 Å². The summed E-state index contributed by atoms with van der Waals surface area (Å²) in [6.45, 7) is 0.561. The second-order valence-corrected chi connectivity index (χ2v) is 7.22. The summed E-state index contributed by atoms with van der Waals surface area (Å²) in [6.07, 6.45) is -11.4. The fourth-order valence-corrected chi connectivity index (χ4v) is 3.53. The highest BCUT2D eigenvalue weighted by molar-refractivity contribution is 5.76. The third-order valence-corrected chi connectivity index (χ3v) is 5.02. The van der Waals surface area contributed by atoms with E-state index in [1.165, 1.54) is 10.8 Å². The van der Waals surface area contributed by atoms with E-state index >= 15 is 0 Å². The maximum absolute atomic E-state index is 14.4. The highest BCUT2D eigenvalue weighted by atomic mass is 19.1. The number of ether oxygens (including phenoxy) is 1. The van der Waals surface area contributed by atoms with Crippen molar-refractivity contribution in [2.75, 3.05) is 23.8 Å². The summed E-state index contributed by atoms with van der Waals surface area (Å²) in [5.74, 6) is -3.90. The van der Waals surface area contributed by atoms with Gasteiger partial charge in [-0.1, -0.05) is 0 Å². The van der Waals surface area contributed by atoms with Crippen molar-refractivity contribution < 1.29 is 32.6 Å². The fourth-order valence-electron chi connectivity index (χ4n) is 3.53. The molecule has 11 heteroatoms. The van der Waals surface area contributed by atoms with E-state index in [-0.39, 0.29) is 29.7 Å². The number of halogens is 3. The largest absolute Gasteiger partial charge is 0.393 e. The third-order valence-electron chi connectivity index (χ3n) is 5.02. The molecule has 3 heterocycles. The highest BCUT2D eigenvalue weighted by Crippen LogP contribution is 2.32. The lowest BCUT2D eigenvalue weighted by Gasteiger charge is -2.26. The summed E-state index contributed by atoms with van der Waals surface area (Å²) in [7, 11) is 0. The Labute approximate surface area is 191 Å². The van der Waals surface area contributed by atoms with Gasteiger partial charge in [-0.25, -0.2) is 23.1 Å². The minimum Gasteiger partial charge on any atom is -0.393 e. The van der Waals surface area contributed by atoms with Gasteiger partial charge in [-0.15, -0.1) is 0 Å². The minimum absolute atomic E-state index is 0.0728. The molecule has 8 nitrogen and oxygen atoms in total. The molecule has 3 N–H and O–H groups in total. The summed E-state index contributed by atoms with van der Waals surface area (Å²) >= 11 is 0. The van der Waals surface area contributed by atoms with Crippen LogP contribution in [0.15, 0.2) is 18.3 Å². The van der Waals surface area contributed by atoms with Gasteiger partial charge in [0.2, 0.25) is 11.9 Å². The standard InChI is InChI=1S/C21H23F3N6O2/c22-11-7-15(23)18(16(24)8-11)28-21-27-17-9-25-20(26-12-1-3-14(31)4-2-12)29-19(17)30(21)13-5-6-32-10-13/h7-9,12-14,31H,1-6,10H2,(H,27,28)(H,25,26,29)/i1D2,2D2,3D,4D,14D. The van der Waals surface area contributed by atoms with E-state index in [2.05, 4.69) is 25.6 Å². The van der Waals surface area contributed by atoms with Gasteiger partial charge in [0.15, 0.2) is 17.3 Å². The van der Waals surface area contributed by atoms with Gasteiger partial charge in [-0.05, 0) is 32.0 Å². The average molecular weight is 455 g/mol. The number of nitrogens with one attached hydrogen (secondary N) is 2. The van der Waals surface area contributed by atoms with Crippen LogP contribution in [0.2, 0.25) is 0 Å². The van der Waals surface area contributed by atoms with Crippen LogP contribution in [-0.4, -0.2) is 50.0 Å². The van der Waals surface area contributed by atoms with E-state index in [0.29, 0.717) is 25.2 Å². The van der Waals surface area contributed by atoms with Gasteiger partial charge in [0.05, 0.1) is 26.3 Å². The molecule has 1 aromatic carbocycles. The van der Waals surface area contributed by atoms with E-state index < -0.39 is 66.8 Å². The number of hydrogen-bond donors (Lipinski definition) is 3. The fraction of sp³-hybridized carbons (Fsp3) is 0.476. The molecule has 1 saturated carbocycles. The summed E-state index contributed by atoms with van der Waals surface area (Å²) in [5.41, 5.74) is -0.412. The van der Waals surface area contributed by atoms with E-state index in [0.717, 1.165) is 0 Å². The predicted molar refractivity (Wildman–Crippen MR) is 111 cm³/mol. The first-order chi connectivity index (χ1) is 18.2. The number of imidazole rings is 1. The smallest absolute Gasteiger partial charge is 0.224 e. The zero-order valence-electron chi connectivity index (χ0n) is 23.4. The number of aliphatic hydroxyl groups is 1. The number of fused-ring (bicyclic) bond motifs is 1. The minimum atomic E-state index is -3.03. The van der Waals surface area contributed by atoms with Crippen LogP contribution in [0, 0.1) is 17.5 Å². The van der Waals surface area contributed by atoms with E-state index in [4.69, 9.17) is 14.3 Å². The lowest BCUT2D eigenvalue weighted by molar-refractivity contribution is 0.126. The van der Waals surface area contributed by atoms with Gasteiger partial charge in [-0.3, -0.25) is 4.57 Å². The quantitative estimate of drug-likeness (QED) is 0.540. The molecule has 3 aromatic rings. The molecule has 5 rings (SSSR count). The summed E-state index contributed by atoms with van der Waals surface area (Å²) in [5, 5.41) is 15.2. The van der Waals surface area contributed by atoms with E-state index in [1.807, 2.05) is 0 Å². The van der Waals surface area contributed by atoms with Crippen LogP contribution in [0.3, 0.4) is 0 Å². The van der Waals surface area contributed by atoms with Crippen LogP contribution in [0.4, 0.5) is 30.8 Å². The Morgan fingerprint density at radius 3 is 2.62 bits per heavy atom. The summed E-state index contributed by atoms with van der Waals surface area (Å²) in [6, 6.07) is -1.32. The number of aromatic nitrogens is 4. The number of anilines is 3. The van der Waals surface area contributed by atoms with Gasteiger partial charge < -0.3 is 20.5 Å². The molecule has 32 heavy (non-hydrogen) atoms. The molecule has 1 aliphatic carbocycles. The van der Waals surface area contributed by atoms with Crippen molar-refractivity contribution in [1.29, 1.82) is 0 Å². The molecule has 1 aliphatic heterocycles. The van der Waals surface area contributed by atoms with Crippen molar-refractivity contribution in [3.05, 3.63) is 35.8 Å². The van der Waals surface area contributed by atoms with Crippen LogP contribution >= 0.6 is 0 Å². The summed E-state index contributed by atoms with van der Waals surface area (Å²) in [4.78, 5) is 12.7. The van der Waals surface area contributed by atoms with Gasteiger partial charge >= 0.3 is 0 Å². The predicted octanol–water partition coefficient (Wildman–Crippen LogP) is 3.66. The van der Waals surface area contributed by atoms with Crippen molar-refractivity contribution in [2.24, 2.45) is 0 Å². The van der Waals surface area contributed by atoms with E-state index in [9.17, 15) is 18.3 Å². The van der Waals surface area contributed by atoms with Crippen LogP contribution in [-0.2, 0) is 4.74 Å². The van der Waals surface area contributed by atoms with Crippen molar-refractivity contribution >= 4 is 28.7 Å². The Morgan fingerprint density at radius 1 is 1.19 bits per heavy atom. The van der Waals surface area contributed by atoms with Crippen LogP contribution in [0.1, 0.15) is 47.6 Å². The normalized spacial score (nSPS) is 36.8. The number of rotatable bonds is 5. The third kappa shape index (κ3) is 4.09. The first-order valence-corrected chi connectivity index (χ1v) is 9.73. The first kappa shape index (κ1) is 14.3.